The number of nitrogens with one attached hydrogen (secondary N) is 3. The van der Waals surface area contributed by atoms with Crippen LogP contribution in [0.2, 0.25) is 0 Å². The summed E-state index contributed by atoms with van der Waals surface area (Å²) in [7, 11) is 0. The Kier molecular flexibility index (Phi) is 5.67. The van der Waals surface area contributed by atoms with E-state index in [4.69, 9.17) is 0 Å². The molecule has 4 aromatic rings. The fraction of sp³-hybridized carbons (Fsp3) is 0.174. The van der Waals surface area contributed by atoms with Gasteiger partial charge in [0.2, 0.25) is 11.8 Å². The molecule has 0 fully saturated rings. The number of aromatic amines is 1. The first-order chi connectivity index (χ1) is 15.6. The number of amides is 2. The van der Waals surface area contributed by atoms with Gasteiger partial charge in [-0.15, -0.1) is 0 Å². The number of fused-ring (bicyclic) bond motifs is 1. The molecule has 0 aliphatic carbocycles. The van der Waals surface area contributed by atoms with Gasteiger partial charge in [-0.3, -0.25) is 9.59 Å². The van der Waals surface area contributed by atoms with Gasteiger partial charge in [0.25, 0.3) is 0 Å². The lowest BCUT2D eigenvalue weighted by molar-refractivity contribution is -0.137. The molecule has 3 N–H and O–H groups in total. The third-order valence-corrected chi connectivity index (χ3v) is 5.13. The van der Waals surface area contributed by atoms with Crippen molar-refractivity contribution in [3.8, 4) is 16.8 Å². The number of rotatable bonds is 5. The Balaban J connectivity index is 1.58. The maximum Gasteiger partial charge on any atom is 0.416 e. The Labute approximate surface area is 186 Å². The van der Waals surface area contributed by atoms with Crippen molar-refractivity contribution in [2.45, 2.75) is 26.1 Å². The minimum Gasteiger partial charge on any atom is -0.359 e. The highest BCUT2D eigenvalue weighted by molar-refractivity contribution is 6.05. The zero-order valence-electron chi connectivity index (χ0n) is 17.7. The van der Waals surface area contributed by atoms with Gasteiger partial charge in [0.15, 0.2) is 0 Å². The van der Waals surface area contributed by atoms with Gasteiger partial charge in [-0.2, -0.15) is 18.3 Å². The number of halogens is 3. The summed E-state index contributed by atoms with van der Waals surface area (Å²) in [4.78, 5) is 26.6. The van der Waals surface area contributed by atoms with Crippen LogP contribution >= 0.6 is 0 Å². The van der Waals surface area contributed by atoms with E-state index in [1.807, 2.05) is 18.2 Å². The van der Waals surface area contributed by atoms with Gasteiger partial charge < -0.3 is 15.6 Å². The average molecular weight is 455 g/mol. The van der Waals surface area contributed by atoms with E-state index < -0.39 is 17.8 Å². The number of carbonyl (C=O) groups is 2. The van der Waals surface area contributed by atoms with Gasteiger partial charge >= 0.3 is 6.18 Å². The third-order valence-electron chi connectivity index (χ3n) is 5.13. The van der Waals surface area contributed by atoms with Crippen LogP contribution in [-0.4, -0.2) is 32.6 Å². The van der Waals surface area contributed by atoms with Crippen molar-refractivity contribution in [2.24, 2.45) is 0 Å². The molecule has 2 amide bonds. The van der Waals surface area contributed by atoms with Gasteiger partial charge in [-0.25, -0.2) is 4.68 Å². The predicted molar refractivity (Wildman–Crippen MR) is 118 cm³/mol. The lowest BCUT2D eigenvalue weighted by atomic mass is 10.1. The highest BCUT2D eigenvalue weighted by atomic mass is 19.4. The van der Waals surface area contributed by atoms with Crippen LogP contribution in [0.1, 0.15) is 19.4 Å². The molecule has 2 aromatic carbocycles. The first-order valence-electron chi connectivity index (χ1n) is 10.0. The molecule has 0 aliphatic rings. The first kappa shape index (κ1) is 22.1. The highest BCUT2D eigenvalue weighted by Gasteiger charge is 2.30. The number of hydrogen-bond donors (Lipinski definition) is 3. The van der Waals surface area contributed by atoms with E-state index in [-0.39, 0.29) is 11.8 Å². The number of nitrogens with zero attached hydrogens (tertiary/aromatic N) is 2. The fourth-order valence-corrected chi connectivity index (χ4v) is 3.43. The van der Waals surface area contributed by atoms with Gasteiger partial charge in [0, 0.05) is 35.8 Å². The molecular formula is C23H20F3N5O2. The first-order valence-corrected chi connectivity index (χ1v) is 10.0. The van der Waals surface area contributed by atoms with Gasteiger partial charge in [-0.1, -0.05) is 6.07 Å². The maximum absolute atomic E-state index is 12.8. The molecular weight excluding hydrogens is 435 g/mol. The second-order valence-electron chi connectivity index (χ2n) is 7.59. The Morgan fingerprint density at radius 2 is 1.82 bits per heavy atom. The molecule has 10 heteroatoms. The van der Waals surface area contributed by atoms with E-state index >= 15 is 0 Å². The molecule has 1 atom stereocenters. The van der Waals surface area contributed by atoms with E-state index in [1.54, 1.807) is 25.5 Å². The standard InChI is InChI=1S/C23H20F3N5O2/c1-13(29-14(2)32)22(33)30-21-11-27-20-8-3-15(9-19(20)21)16-10-28-31(12-16)18-6-4-17(5-7-18)23(24,25)26/h3-13,27H,1-2H3,(H,29,32)(H,30,33). The van der Waals surface area contributed by atoms with Crippen LogP contribution in [0.4, 0.5) is 18.9 Å². The molecule has 170 valence electrons. The summed E-state index contributed by atoms with van der Waals surface area (Å²) in [6.07, 6.45) is 0.599. The minimum absolute atomic E-state index is 0.302. The molecule has 0 radical (unpaired) electrons. The van der Waals surface area contributed by atoms with Crippen molar-refractivity contribution in [3.63, 3.8) is 0 Å². The van der Waals surface area contributed by atoms with Crippen LogP contribution in [-0.2, 0) is 15.8 Å². The summed E-state index contributed by atoms with van der Waals surface area (Å²) in [6, 6.07) is 9.65. The second kappa shape index (κ2) is 8.45. The predicted octanol–water partition coefficient (Wildman–Crippen LogP) is 4.50. The molecule has 0 saturated carbocycles. The summed E-state index contributed by atoms with van der Waals surface area (Å²) in [5.74, 6) is -0.657. The molecule has 0 saturated heterocycles. The van der Waals surface area contributed by atoms with E-state index in [0.717, 1.165) is 34.2 Å². The molecule has 2 aromatic heterocycles. The third kappa shape index (κ3) is 4.74. The van der Waals surface area contributed by atoms with Crippen molar-refractivity contribution in [3.05, 3.63) is 66.6 Å². The van der Waals surface area contributed by atoms with E-state index in [1.165, 1.54) is 23.7 Å². The largest absolute Gasteiger partial charge is 0.416 e. The van der Waals surface area contributed by atoms with Crippen LogP contribution < -0.4 is 10.6 Å². The van der Waals surface area contributed by atoms with Crippen molar-refractivity contribution >= 4 is 28.4 Å². The number of aromatic nitrogens is 3. The van der Waals surface area contributed by atoms with Crippen molar-refractivity contribution in [1.82, 2.24) is 20.1 Å². The molecule has 4 rings (SSSR count). The summed E-state index contributed by atoms with van der Waals surface area (Å²) < 4.78 is 39.9. The zero-order valence-corrected chi connectivity index (χ0v) is 17.7. The van der Waals surface area contributed by atoms with Gasteiger partial charge in [-0.05, 0) is 48.9 Å². The van der Waals surface area contributed by atoms with E-state index in [0.29, 0.717) is 11.4 Å². The van der Waals surface area contributed by atoms with Crippen LogP contribution in [0.25, 0.3) is 27.7 Å². The number of alkyl halides is 3. The minimum atomic E-state index is -4.40. The Morgan fingerprint density at radius 3 is 2.48 bits per heavy atom. The Hall–Kier alpha value is -4.08. The molecule has 33 heavy (non-hydrogen) atoms. The summed E-state index contributed by atoms with van der Waals surface area (Å²) in [5, 5.41) is 10.4. The van der Waals surface area contributed by atoms with Gasteiger partial charge in [0.05, 0.1) is 23.1 Å². The zero-order chi connectivity index (χ0) is 23.8. The van der Waals surface area contributed by atoms with E-state index in [9.17, 15) is 22.8 Å². The number of anilines is 1. The van der Waals surface area contributed by atoms with Crippen LogP contribution in [0.5, 0.6) is 0 Å². The fourth-order valence-electron chi connectivity index (χ4n) is 3.43. The van der Waals surface area contributed by atoms with Crippen molar-refractivity contribution in [1.29, 1.82) is 0 Å². The van der Waals surface area contributed by atoms with Crippen LogP contribution in [0.3, 0.4) is 0 Å². The van der Waals surface area contributed by atoms with Crippen LogP contribution in [0.15, 0.2) is 61.1 Å². The number of hydrogen-bond acceptors (Lipinski definition) is 3. The smallest absolute Gasteiger partial charge is 0.359 e. The monoisotopic (exact) mass is 455 g/mol. The maximum atomic E-state index is 12.8. The molecule has 1 unspecified atom stereocenters. The summed E-state index contributed by atoms with van der Waals surface area (Å²) in [5.41, 5.74) is 2.70. The molecule has 2 heterocycles. The second-order valence-corrected chi connectivity index (χ2v) is 7.59. The lowest BCUT2D eigenvalue weighted by Crippen LogP contribution is -2.40. The average Bonchev–Trinajstić information content (AvgIpc) is 3.40. The van der Waals surface area contributed by atoms with Gasteiger partial charge in [0.1, 0.15) is 6.04 Å². The number of H-pyrrole nitrogens is 1. The number of benzene rings is 2. The Bertz CT molecular complexity index is 1320. The quantitative estimate of drug-likeness (QED) is 0.414. The Morgan fingerprint density at radius 1 is 1.09 bits per heavy atom. The highest BCUT2D eigenvalue weighted by Crippen LogP contribution is 2.31. The van der Waals surface area contributed by atoms with Crippen molar-refractivity contribution < 1.29 is 22.8 Å². The topological polar surface area (TPSA) is 91.8 Å². The lowest BCUT2D eigenvalue weighted by Gasteiger charge is -2.12. The summed E-state index contributed by atoms with van der Waals surface area (Å²) >= 11 is 0. The SMILES string of the molecule is CC(=O)NC(C)C(=O)Nc1c[nH]c2ccc(-c3cnn(-c4ccc(C(F)(F)F)cc4)c3)cc12. The van der Waals surface area contributed by atoms with Crippen LogP contribution in [0, 0.1) is 0 Å². The summed E-state index contributed by atoms with van der Waals surface area (Å²) in [6.45, 7) is 2.93. The number of carbonyl (C=O) groups excluding carboxylic acids is 2. The van der Waals surface area contributed by atoms with E-state index in [2.05, 4.69) is 20.7 Å². The van der Waals surface area contributed by atoms with Crippen molar-refractivity contribution in [2.75, 3.05) is 5.32 Å². The normalized spacial score (nSPS) is 12.5. The molecule has 0 bridgehead atoms. The molecule has 7 nitrogen and oxygen atoms in total. The molecule has 0 spiro atoms. The molecule has 0 aliphatic heterocycles.